The number of halogens is 1. The van der Waals surface area contributed by atoms with Gasteiger partial charge in [-0.15, -0.1) is 0 Å². The van der Waals surface area contributed by atoms with Gasteiger partial charge in [0.1, 0.15) is 9.88 Å². The van der Waals surface area contributed by atoms with E-state index in [4.69, 9.17) is 29.6 Å². The lowest BCUT2D eigenvalue weighted by molar-refractivity contribution is 0.0640. The SMILES string of the molecule is CN(CC(C)(C)O)S(=O)(=O)c1ccc(C(N)=S)cc1Cl. The average Bonchev–Trinajstić information content (AvgIpc) is 2.25. The van der Waals surface area contributed by atoms with Crippen molar-refractivity contribution in [3.63, 3.8) is 0 Å². The van der Waals surface area contributed by atoms with Crippen LogP contribution in [0.3, 0.4) is 0 Å². The summed E-state index contributed by atoms with van der Waals surface area (Å²) in [7, 11) is -2.41. The summed E-state index contributed by atoms with van der Waals surface area (Å²) >= 11 is 10.8. The van der Waals surface area contributed by atoms with E-state index in [1.165, 1.54) is 39.1 Å². The second-order valence-corrected chi connectivity index (χ2v) is 7.94. The van der Waals surface area contributed by atoms with E-state index in [0.717, 1.165) is 4.31 Å². The Morgan fingerprint density at radius 3 is 2.45 bits per heavy atom. The van der Waals surface area contributed by atoms with E-state index in [-0.39, 0.29) is 21.5 Å². The summed E-state index contributed by atoms with van der Waals surface area (Å²) in [6, 6.07) is 4.26. The summed E-state index contributed by atoms with van der Waals surface area (Å²) in [5.74, 6) is 0. The van der Waals surface area contributed by atoms with Crippen molar-refractivity contribution in [3.05, 3.63) is 28.8 Å². The summed E-state index contributed by atoms with van der Waals surface area (Å²) in [4.78, 5) is 0.0895. The molecule has 0 saturated heterocycles. The molecule has 20 heavy (non-hydrogen) atoms. The molecule has 5 nitrogen and oxygen atoms in total. The van der Waals surface area contributed by atoms with Crippen molar-refractivity contribution in [1.82, 2.24) is 4.31 Å². The largest absolute Gasteiger partial charge is 0.389 e. The van der Waals surface area contributed by atoms with E-state index < -0.39 is 15.6 Å². The molecule has 0 unspecified atom stereocenters. The van der Waals surface area contributed by atoms with Crippen LogP contribution in [-0.4, -0.2) is 42.0 Å². The Labute approximate surface area is 129 Å². The lowest BCUT2D eigenvalue weighted by Gasteiger charge is -2.25. The minimum Gasteiger partial charge on any atom is -0.389 e. The van der Waals surface area contributed by atoms with Crippen LogP contribution in [0.5, 0.6) is 0 Å². The van der Waals surface area contributed by atoms with Gasteiger partial charge in [-0.25, -0.2) is 8.42 Å². The fourth-order valence-corrected chi connectivity index (χ4v) is 3.63. The molecule has 8 heteroatoms. The summed E-state index contributed by atoms with van der Waals surface area (Å²) in [5.41, 5.74) is 4.81. The lowest BCUT2D eigenvalue weighted by Crippen LogP contribution is -2.39. The monoisotopic (exact) mass is 336 g/mol. The minimum atomic E-state index is -3.79. The van der Waals surface area contributed by atoms with Gasteiger partial charge in [-0.1, -0.05) is 29.9 Å². The molecule has 0 aromatic heterocycles. The van der Waals surface area contributed by atoms with Gasteiger partial charge in [0.2, 0.25) is 10.0 Å². The van der Waals surface area contributed by atoms with E-state index >= 15 is 0 Å². The zero-order chi connectivity index (χ0) is 15.7. The van der Waals surface area contributed by atoms with Crippen LogP contribution in [0.2, 0.25) is 5.02 Å². The Bertz CT molecular complexity index is 624. The highest BCUT2D eigenvalue weighted by Gasteiger charge is 2.28. The molecule has 1 aromatic carbocycles. The molecule has 0 aliphatic heterocycles. The number of rotatable bonds is 5. The highest BCUT2D eigenvalue weighted by Crippen LogP contribution is 2.26. The summed E-state index contributed by atoms with van der Waals surface area (Å²) in [6.45, 7) is 3.00. The molecule has 0 radical (unpaired) electrons. The molecule has 0 bridgehead atoms. The van der Waals surface area contributed by atoms with Crippen LogP contribution >= 0.6 is 23.8 Å². The fourth-order valence-electron chi connectivity index (χ4n) is 1.66. The van der Waals surface area contributed by atoms with Crippen LogP contribution in [0.1, 0.15) is 19.4 Å². The van der Waals surface area contributed by atoms with Crippen LogP contribution in [0, 0.1) is 0 Å². The third-order valence-electron chi connectivity index (χ3n) is 2.51. The highest BCUT2D eigenvalue weighted by atomic mass is 35.5. The molecule has 0 saturated carbocycles. The third kappa shape index (κ3) is 4.13. The van der Waals surface area contributed by atoms with Crippen molar-refractivity contribution in [2.45, 2.75) is 24.3 Å². The number of hydrogen-bond donors (Lipinski definition) is 2. The number of nitrogens with two attached hydrogens (primary N) is 1. The van der Waals surface area contributed by atoms with Crippen molar-refractivity contribution < 1.29 is 13.5 Å². The van der Waals surface area contributed by atoms with Gasteiger partial charge in [0, 0.05) is 19.2 Å². The third-order valence-corrected chi connectivity index (χ3v) is 5.04. The maximum absolute atomic E-state index is 12.4. The van der Waals surface area contributed by atoms with Gasteiger partial charge in [-0.3, -0.25) is 0 Å². The lowest BCUT2D eigenvalue weighted by atomic mass is 10.1. The fraction of sp³-hybridized carbons (Fsp3) is 0.417. The molecule has 0 spiro atoms. The molecule has 0 amide bonds. The molecule has 0 aliphatic rings. The molecular weight excluding hydrogens is 320 g/mol. The number of hydrogen-bond acceptors (Lipinski definition) is 4. The van der Waals surface area contributed by atoms with E-state index in [2.05, 4.69) is 0 Å². The maximum atomic E-state index is 12.4. The van der Waals surface area contributed by atoms with Crippen molar-refractivity contribution in [2.24, 2.45) is 5.73 Å². The number of aliphatic hydroxyl groups is 1. The molecule has 112 valence electrons. The number of nitrogens with zero attached hydrogens (tertiary/aromatic N) is 1. The summed E-state index contributed by atoms with van der Waals surface area (Å²) in [5, 5.41) is 9.75. The van der Waals surface area contributed by atoms with Gasteiger partial charge in [-0.2, -0.15) is 4.31 Å². The van der Waals surface area contributed by atoms with E-state index in [1.807, 2.05) is 0 Å². The second kappa shape index (κ2) is 5.95. The minimum absolute atomic E-state index is 0.0397. The van der Waals surface area contributed by atoms with Gasteiger partial charge in [0.05, 0.1) is 10.6 Å². The first-order valence-electron chi connectivity index (χ1n) is 5.73. The quantitative estimate of drug-likeness (QED) is 0.793. The van der Waals surface area contributed by atoms with Gasteiger partial charge in [0.25, 0.3) is 0 Å². The number of likely N-dealkylation sites (N-methyl/N-ethyl adjacent to an activating group) is 1. The van der Waals surface area contributed by atoms with Crippen LogP contribution in [0.4, 0.5) is 0 Å². The first-order valence-corrected chi connectivity index (χ1v) is 7.96. The van der Waals surface area contributed by atoms with Crippen LogP contribution < -0.4 is 5.73 Å². The highest BCUT2D eigenvalue weighted by molar-refractivity contribution is 7.89. The predicted molar refractivity (Wildman–Crippen MR) is 83.5 cm³/mol. The Morgan fingerprint density at radius 1 is 1.50 bits per heavy atom. The molecule has 0 atom stereocenters. The molecule has 3 N–H and O–H groups in total. The molecule has 1 aromatic rings. The van der Waals surface area contributed by atoms with Crippen molar-refractivity contribution in [3.8, 4) is 0 Å². The van der Waals surface area contributed by atoms with E-state index in [9.17, 15) is 13.5 Å². The maximum Gasteiger partial charge on any atom is 0.244 e. The van der Waals surface area contributed by atoms with Crippen molar-refractivity contribution in [2.75, 3.05) is 13.6 Å². The normalized spacial score (nSPS) is 12.7. The Kier molecular flexibility index (Phi) is 5.15. The Morgan fingerprint density at radius 2 is 2.05 bits per heavy atom. The predicted octanol–water partition coefficient (Wildman–Crippen LogP) is 1.37. The van der Waals surface area contributed by atoms with Crippen LogP contribution in [0.15, 0.2) is 23.1 Å². The summed E-state index contributed by atoms with van der Waals surface area (Å²) in [6.07, 6.45) is 0. The topological polar surface area (TPSA) is 83.6 Å². The zero-order valence-electron chi connectivity index (χ0n) is 11.4. The smallest absolute Gasteiger partial charge is 0.244 e. The second-order valence-electron chi connectivity index (χ2n) is 5.08. The van der Waals surface area contributed by atoms with E-state index in [1.54, 1.807) is 0 Å². The van der Waals surface area contributed by atoms with E-state index in [0.29, 0.717) is 5.56 Å². The van der Waals surface area contributed by atoms with Crippen molar-refractivity contribution in [1.29, 1.82) is 0 Å². The number of sulfonamides is 1. The molecule has 0 fully saturated rings. The standard InChI is InChI=1S/C12H17ClN2O3S2/c1-12(2,16)7-15(3)20(17,18)10-5-4-8(11(14)19)6-9(10)13/h4-6,16H,7H2,1-3H3,(H2,14,19). The van der Waals surface area contributed by atoms with Gasteiger partial charge < -0.3 is 10.8 Å². The van der Waals surface area contributed by atoms with Gasteiger partial charge in [0.15, 0.2) is 0 Å². The average molecular weight is 337 g/mol. The number of thiocarbonyl (C=S) groups is 1. The zero-order valence-corrected chi connectivity index (χ0v) is 13.8. The van der Waals surface area contributed by atoms with Crippen LogP contribution in [0.25, 0.3) is 0 Å². The Balaban J connectivity index is 3.20. The van der Waals surface area contributed by atoms with Gasteiger partial charge in [-0.05, 0) is 26.0 Å². The first-order chi connectivity index (χ1) is 8.95. The Hall–Kier alpha value is -0.730. The van der Waals surface area contributed by atoms with Crippen molar-refractivity contribution >= 4 is 38.8 Å². The molecular formula is C12H17ClN2O3S2. The summed E-state index contributed by atoms with van der Waals surface area (Å²) < 4.78 is 25.8. The van der Waals surface area contributed by atoms with Gasteiger partial charge >= 0.3 is 0 Å². The molecule has 1 rings (SSSR count). The first kappa shape index (κ1) is 17.3. The molecule has 0 heterocycles. The number of benzene rings is 1. The van der Waals surface area contributed by atoms with Crippen LogP contribution in [-0.2, 0) is 10.0 Å². The molecule has 0 aliphatic carbocycles.